The van der Waals surface area contributed by atoms with E-state index in [1.54, 1.807) is 12.1 Å². The second kappa shape index (κ2) is 8.43. The van der Waals surface area contributed by atoms with Crippen LogP contribution in [0.5, 0.6) is 5.75 Å². The van der Waals surface area contributed by atoms with E-state index >= 15 is 0 Å². The molecule has 1 fully saturated rings. The maximum Gasteiger partial charge on any atom is 0.131 e. The van der Waals surface area contributed by atoms with Gasteiger partial charge in [0.15, 0.2) is 0 Å². The molecule has 0 amide bonds. The van der Waals surface area contributed by atoms with Crippen LogP contribution in [0.15, 0.2) is 36.5 Å². The fourth-order valence-corrected chi connectivity index (χ4v) is 3.58. The highest BCUT2D eigenvalue weighted by molar-refractivity contribution is 5.26. The number of benzene rings is 1. The third-order valence-electron chi connectivity index (χ3n) is 5.07. The predicted molar refractivity (Wildman–Crippen MR) is 101 cm³/mol. The minimum absolute atomic E-state index is 0.341. The third kappa shape index (κ3) is 5.02. The molecule has 1 N–H and O–H groups in total. The molecule has 0 bridgehead atoms. The van der Waals surface area contributed by atoms with E-state index in [1.165, 1.54) is 24.8 Å². The van der Waals surface area contributed by atoms with Crippen LogP contribution in [0, 0.1) is 0 Å². The molecule has 0 spiro atoms. The molecule has 1 saturated heterocycles. The van der Waals surface area contributed by atoms with Crippen LogP contribution < -0.4 is 0 Å². The lowest BCUT2D eigenvalue weighted by Gasteiger charge is -2.35. The second-order valence-electron chi connectivity index (χ2n) is 7.39. The normalized spacial score (nSPS) is 18.6. The van der Waals surface area contributed by atoms with Crippen LogP contribution in [0.3, 0.4) is 0 Å². The topological polar surface area (TPSA) is 49.2 Å². The van der Waals surface area contributed by atoms with E-state index < -0.39 is 0 Å². The van der Waals surface area contributed by atoms with Crippen LogP contribution in [0.2, 0.25) is 0 Å². The van der Waals surface area contributed by atoms with Crippen LogP contribution in [-0.4, -0.2) is 32.6 Å². The first-order chi connectivity index (χ1) is 12.1. The SMILES string of the molecule is CC(C)c1nccc(CN2CCCCC2CCc2ccc(O)cc2)n1. The maximum absolute atomic E-state index is 9.42. The molecule has 25 heavy (non-hydrogen) atoms. The summed E-state index contributed by atoms with van der Waals surface area (Å²) in [5.74, 6) is 1.65. The average molecular weight is 339 g/mol. The number of phenolic OH excluding ortho intramolecular Hbond substituents is 1. The van der Waals surface area contributed by atoms with Gasteiger partial charge in [-0.05, 0) is 56.0 Å². The molecule has 1 aromatic carbocycles. The van der Waals surface area contributed by atoms with E-state index in [2.05, 4.69) is 29.8 Å². The number of hydrogen-bond donors (Lipinski definition) is 1. The summed E-state index contributed by atoms with van der Waals surface area (Å²) in [7, 11) is 0. The van der Waals surface area contributed by atoms with E-state index in [9.17, 15) is 5.11 Å². The van der Waals surface area contributed by atoms with E-state index in [-0.39, 0.29) is 0 Å². The Hall–Kier alpha value is -1.94. The zero-order valence-corrected chi connectivity index (χ0v) is 15.4. The Bertz CT molecular complexity index is 669. The number of aromatic nitrogens is 2. The molecule has 1 aliphatic heterocycles. The quantitative estimate of drug-likeness (QED) is 0.853. The van der Waals surface area contributed by atoms with E-state index in [0.717, 1.165) is 37.4 Å². The summed E-state index contributed by atoms with van der Waals surface area (Å²) in [5, 5.41) is 9.42. The Labute approximate surface area is 150 Å². The van der Waals surface area contributed by atoms with E-state index in [1.807, 2.05) is 18.3 Å². The molecular formula is C21H29N3O. The first kappa shape index (κ1) is 17.9. The Morgan fingerprint density at radius 1 is 1.16 bits per heavy atom. The molecule has 4 nitrogen and oxygen atoms in total. The van der Waals surface area contributed by atoms with Crippen LogP contribution >= 0.6 is 0 Å². The van der Waals surface area contributed by atoms with Crippen molar-refractivity contribution in [2.45, 2.75) is 64.5 Å². The zero-order chi connectivity index (χ0) is 17.6. The van der Waals surface area contributed by atoms with Crippen LogP contribution in [0.1, 0.15) is 62.5 Å². The van der Waals surface area contributed by atoms with Gasteiger partial charge >= 0.3 is 0 Å². The van der Waals surface area contributed by atoms with Crippen LogP contribution in [0.4, 0.5) is 0 Å². The van der Waals surface area contributed by atoms with Crippen molar-refractivity contribution >= 4 is 0 Å². The number of likely N-dealkylation sites (tertiary alicyclic amines) is 1. The molecule has 1 aromatic heterocycles. The van der Waals surface area contributed by atoms with Gasteiger partial charge in [0.1, 0.15) is 11.6 Å². The number of piperidine rings is 1. The number of hydrogen-bond acceptors (Lipinski definition) is 4. The van der Waals surface area contributed by atoms with Gasteiger partial charge in [0.25, 0.3) is 0 Å². The van der Waals surface area contributed by atoms with Crippen molar-refractivity contribution in [2.75, 3.05) is 6.54 Å². The Morgan fingerprint density at radius 3 is 2.72 bits per heavy atom. The molecule has 3 rings (SSSR count). The Balaban J connectivity index is 1.62. The summed E-state index contributed by atoms with van der Waals surface area (Å²) in [4.78, 5) is 11.7. The summed E-state index contributed by atoms with van der Waals surface area (Å²) in [6.45, 7) is 6.35. The van der Waals surface area contributed by atoms with Crippen molar-refractivity contribution in [1.82, 2.24) is 14.9 Å². The van der Waals surface area contributed by atoms with Gasteiger partial charge in [-0.2, -0.15) is 0 Å². The van der Waals surface area contributed by atoms with Crippen molar-refractivity contribution in [3.05, 3.63) is 53.6 Å². The molecule has 0 aliphatic carbocycles. The standard InChI is InChI=1S/C21H29N3O/c1-16(2)21-22-13-12-18(23-21)15-24-14-4-3-5-19(24)9-6-17-7-10-20(25)11-8-17/h7-8,10-13,16,19,25H,3-6,9,14-15H2,1-2H3. The second-order valence-corrected chi connectivity index (χ2v) is 7.39. The molecule has 1 atom stereocenters. The zero-order valence-electron chi connectivity index (χ0n) is 15.4. The third-order valence-corrected chi connectivity index (χ3v) is 5.07. The van der Waals surface area contributed by atoms with Crippen molar-refractivity contribution in [3.63, 3.8) is 0 Å². The van der Waals surface area contributed by atoms with E-state index in [0.29, 0.717) is 17.7 Å². The largest absolute Gasteiger partial charge is 0.508 e. The number of phenols is 1. The summed E-state index contributed by atoms with van der Waals surface area (Å²) in [6, 6.07) is 10.3. The molecule has 134 valence electrons. The van der Waals surface area contributed by atoms with Gasteiger partial charge in [-0.1, -0.05) is 32.4 Å². The van der Waals surface area contributed by atoms with Crippen LogP contribution in [0.25, 0.3) is 0 Å². The van der Waals surface area contributed by atoms with Gasteiger partial charge in [-0.25, -0.2) is 9.97 Å². The smallest absolute Gasteiger partial charge is 0.131 e. The highest BCUT2D eigenvalue weighted by atomic mass is 16.3. The summed E-state index contributed by atoms with van der Waals surface area (Å²) in [5.41, 5.74) is 2.43. The summed E-state index contributed by atoms with van der Waals surface area (Å²) >= 11 is 0. The van der Waals surface area contributed by atoms with Gasteiger partial charge < -0.3 is 5.11 Å². The van der Waals surface area contributed by atoms with Crippen molar-refractivity contribution in [2.24, 2.45) is 0 Å². The molecule has 0 saturated carbocycles. The molecule has 1 unspecified atom stereocenters. The molecule has 2 heterocycles. The van der Waals surface area contributed by atoms with Gasteiger partial charge in [0, 0.05) is 24.7 Å². The van der Waals surface area contributed by atoms with Crippen molar-refractivity contribution in [1.29, 1.82) is 0 Å². The monoisotopic (exact) mass is 339 g/mol. The van der Waals surface area contributed by atoms with Crippen molar-refractivity contribution in [3.8, 4) is 5.75 Å². The summed E-state index contributed by atoms with van der Waals surface area (Å²) < 4.78 is 0. The molecule has 4 heteroatoms. The number of aryl methyl sites for hydroxylation is 1. The number of rotatable bonds is 6. The lowest BCUT2D eigenvalue weighted by atomic mass is 9.95. The summed E-state index contributed by atoms with van der Waals surface area (Å²) in [6.07, 6.45) is 7.97. The lowest BCUT2D eigenvalue weighted by Crippen LogP contribution is -2.39. The minimum atomic E-state index is 0.341. The number of aromatic hydroxyl groups is 1. The number of nitrogens with zero attached hydrogens (tertiary/aromatic N) is 3. The fourth-order valence-electron chi connectivity index (χ4n) is 3.58. The first-order valence-corrected chi connectivity index (χ1v) is 9.45. The van der Waals surface area contributed by atoms with Crippen LogP contribution in [-0.2, 0) is 13.0 Å². The highest BCUT2D eigenvalue weighted by Gasteiger charge is 2.22. The Kier molecular flexibility index (Phi) is 6.03. The average Bonchev–Trinajstić information content (AvgIpc) is 2.62. The minimum Gasteiger partial charge on any atom is -0.508 e. The van der Waals surface area contributed by atoms with Gasteiger partial charge in [0.05, 0.1) is 5.69 Å². The van der Waals surface area contributed by atoms with Gasteiger partial charge in [0.2, 0.25) is 0 Å². The molecule has 2 aromatic rings. The van der Waals surface area contributed by atoms with Gasteiger partial charge in [-0.3, -0.25) is 4.90 Å². The molecule has 0 radical (unpaired) electrons. The first-order valence-electron chi connectivity index (χ1n) is 9.45. The van der Waals surface area contributed by atoms with Gasteiger partial charge in [-0.15, -0.1) is 0 Å². The predicted octanol–water partition coefficient (Wildman–Crippen LogP) is 4.29. The van der Waals surface area contributed by atoms with Crippen molar-refractivity contribution < 1.29 is 5.11 Å². The highest BCUT2D eigenvalue weighted by Crippen LogP contribution is 2.24. The molecular weight excluding hydrogens is 310 g/mol. The fraction of sp³-hybridized carbons (Fsp3) is 0.524. The molecule has 1 aliphatic rings. The van der Waals surface area contributed by atoms with E-state index in [4.69, 9.17) is 4.98 Å². The maximum atomic E-state index is 9.42. The Morgan fingerprint density at radius 2 is 1.96 bits per heavy atom. The lowest BCUT2D eigenvalue weighted by molar-refractivity contribution is 0.130.